The van der Waals surface area contributed by atoms with Crippen molar-refractivity contribution in [3.63, 3.8) is 0 Å². The molecule has 1 aromatic heterocycles. The molecule has 0 fully saturated rings. The van der Waals surface area contributed by atoms with Crippen LogP contribution < -0.4 is 10.9 Å². The largest absolute Gasteiger partial charge is 0.449 e. The molecule has 0 aliphatic carbocycles. The SMILES string of the molecule is C[C@H](OC(=O)c1cc(=O)[nH]c2ccccc12)C(=O)Nc1cccc([N+](=O)[O-])c1. The van der Waals surface area contributed by atoms with Crippen LogP contribution in [0.3, 0.4) is 0 Å². The molecule has 2 aromatic carbocycles. The molecule has 0 aliphatic heterocycles. The van der Waals surface area contributed by atoms with Gasteiger partial charge in [-0.15, -0.1) is 0 Å². The second-order valence-corrected chi connectivity index (χ2v) is 5.94. The number of H-pyrrole nitrogens is 1. The summed E-state index contributed by atoms with van der Waals surface area (Å²) in [4.78, 5) is 49.3. The molecule has 3 aromatic rings. The van der Waals surface area contributed by atoms with Crippen LogP contribution in [0, 0.1) is 10.1 Å². The highest BCUT2D eigenvalue weighted by molar-refractivity contribution is 6.04. The highest BCUT2D eigenvalue weighted by atomic mass is 16.6. The molecule has 0 spiro atoms. The minimum Gasteiger partial charge on any atom is -0.449 e. The van der Waals surface area contributed by atoms with E-state index >= 15 is 0 Å². The molecular formula is C19H15N3O6. The Kier molecular flexibility index (Phi) is 5.16. The number of amides is 1. The third-order valence-corrected chi connectivity index (χ3v) is 3.95. The number of ether oxygens (including phenoxy) is 1. The third-order valence-electron chi connectivity index (χ3n) is 3.95. The number of fused-ring (bicyclic) bond motifs is 1. The number of nitro benzene ring substituents is 1. The average Bonchev–Trinajstić information content (AvgIpc) is 2.67. The van der Waals surface area contributed by atoms with E-state index in [2.05, 4.69) is 10.3 Å². The number of esters is 1. The molecule has 9 heteroatoms. The van der Waals surface area contributed by atoms with E-state index in [-0.39, 0.29) is 16.9 Å². The Balaban J connectivity index is 1.76. The Labute approximate surface area is 158 Å². The van der Waals surface area contributed by atoms with Gasteiger partial charge in [0.05, 0.1) is 10.5 Å². The predicted octanol–water partition coefficient (Wildman–Crippen LogP) is 2.62. The first kappa shape index (κ1) is 18.8. The van der Waals surface area contributed by atoms with Crippen molar-refractivity contribution in [2.24, 2.45) is 0 Å². The fraction of sp³-hybridized carbons (Fsp3) is 0.105. The van der Waals surface area contributed by atoms with Crippen molar-refractivity contribution in [3.8, 4) is 0 Å². The number of hydrogen-bond acceptors (Lipinski definition) is 6. The van der Waals surface area contributed by atoms with Crippen molar-refractivity contribution in [1.82, 2.24) is 4.98 Å². The van der Waals surface area contributed by atoms with Crippen molar-refractivity contribution >= 4 is 34.2 Å². The van der Waals surface area contributed by atoms with Crippen molar-refractivity contribution in [2.75, 3.05) is 5.32 Å². The highest BCUT2D eigenvalue weighted by Gasteiger charge is 2.21. The van der Waals surface area contributed by atoms with Gasteiger partial charge in [-0.2, -0.15) is 0 Å². The zero-order valence-electron chi connectivity index (χ0n) is 14.7. The number of carbonyl (C=O) groups is 2. The standard InChI is InChI=1S/C19H15N3O6/c1-11(18(24)20-12-5-4-6-13(9-12)22(26)27)28-19(25)15-10-17(23)21-16-8-3-2-7-14(15)16/h2-11H,1H3,(H,20,24)(H,21,23)/t11-/m0/s1. The number of benzene rings is 2. The Hall–Kier alpha value is -4.01. The molecule has 1 amide bonds. The fourth-order valence-corrected chi connectivity index (χ4v) is 2.59. The number of nitrogens with one attached hydrogen (secondary N) is 2. The number of carbonyl (C=O) groups excluding carboxylic acids is 2. The van der Waals surface area contributed by atoms with Gasteiger partial charge >= 0.3 is 5.97 Å². The van der Waals surface area contributed by atoms with Gasteiger partial charge in [-0.25, -0.2) is 4.79 Å². The number of rotatable bonds is 5. The minimum atomic E-state index is -1.19. The monoisotopic (exact) mass is 381 g/mol. The van der Waals surface area contributed by atoms with Crippen molar-refractivity contribution in [1.29, 1.82) is 0 Å². The summed E-state index contributed by atoms with van der Waals surface area (Å²) in [5.74, 6) is -1.49. The van der Waals surface area contributed by atoms with Gasteiger partial charge in [0.1, 0.15) is 0 Å². The summed E-state index contributed by atoms with van der Waals surface area (Å²) in [7, 11) is 0. The van der Waals surface area contributed by atoms with E-state index in [0.717, 1.165) is 6.07 Å². The molecule has 0 unspecified atom stereocenters. The number of non-ortho nitro benzene ring substituents is 1. The van der Waals surface area contributed by atoms with Gasteiger partial charge in [-0.3, -0.25) is 19.7 Å². The second-order valence-electron chi connectivity index (χ2n) is 5.94. The molecule has 2 N–H and O–H groups in total. The number of aromatic amines is 1. The molecule has 0 saturated heterocycles. The number of hydrogen-bond donors (Lipinski definition) is 2. The molecule has 0 bridgehead atoms. The first-order valence-corrected chi connectivity index (χ1v) is 8.23. The first-order valence-electron chi connectivity index (χ1n) is 8.23. The maximum absolute atomic E-state index is 12.5. The Morgan fingerprint density at radius 2 is 1.89 bits per heavy atom. The van der Waals surface area contributed by atoms with E-state index in [0.29, 0.717) is 10.9 Å². The van der Waals surface area contributed by atoms with E-state index in [4.69, 9.17) is 4.74 Å². The van der Waals surface area contributed by atoms with Gasteiger partial charge in [0.25, 0.3) is 11.6 Å². The van der Waals surface area contributed by atoms with E-state index in [1.165, 1.54) is 31.2 Å². The summed E-state index contributed by atoms with van der Waals surface area (Å²) in [6.07, 6.45) is -1.19. The van der Waals surface area contributed by atoms with Gasteiger partial charge in [0.2, 0.25) is 5.56 Å². The van der Waals surface area contributed by atoms with Gasteiger partial charge in [0.15, 0.2) is 6.10 Å². The smallest absolute Gasteiger partial charge is 0.339 e. The van der Waals surface area contributed by atoms with Gasteiger partial charge in [0, 0.05) is 34.8 Å². The molecule has 142 valence electrons. The Morgan fingerprint density at radius 3 is 2.64 bits per heavy atom. The number of pyridine rings is 1. The van der Waals surface area contributed by atoms with Crippen LogP contribution in [0.25, 0.3) is 10.9 Å². The quantitative estimate of drug-likeness (QED) is 0.397. The number of nitro groups is 1. The van der Waals surface area contributed by atoms with Crippen LogP contribution in [0.4, 0.5) is 11.4 Å². The Morgan fingerprint density at radius 1 is 1.14 bits per heavy atom. The number of aromatic nitrogens is 1. The summed E-state index contributed by atoms with van der Waals surface area (Å²) in [5, 5.41) is 13.7. The zero-order chi connectivity index (χ0) is 20.3. The van der Waals surface area contributed by atoms with E-state index in [1.807, 2.05) is 0 Å². The number of nitrogens with zero attached hydrogens (tertiary/aromatic N) is 1. The average molecular weight is 381 g/mol. The summed E-state index contributed by atoms with van der Waals surface area (Å²) >= 11 is 0. The molecule has 1 atom stereocenters. The zero-order valence-corrected chi connectivity index (χ0v) is 14.7. The van der Waals surface area contributed by atoms with Crippen LogP contribution in [0.1, 0.15) is 17.3 Å². The van der Waals surface area contributed by atoms with Crippen LogP contribution in [0.15, 0.2) is 59.4 Å². The first-order chi connectivity index (χ1) is 13.3. The summed E-state index contributed by atoms with van der Waals surface area (Å²) < 4.78 is 5.17. The lowest BCUT2D eigenvalue weighted by Crippen LogP contribution is -2.30. The van der Waals surface area contributed by atoms with Crippen LogP contribution in [-0.2, 0) is 9.53 Å². The lowest BCUT2D eigenvalue weighted by molar-refractivity contribution is -0.384. The molecule has 28 heavy (non-hydrogen) atoms. The van der Waals surface area contributed by atoms with Gasteiger partial charge in [-0.05, 0) is 19.1 Å². The molecule has 0 aliphatic rings. The van der Waals surface area contributed by atoms with Crippen molar-refractivity contribution in [3.05, 3.63) is 80.6 Å². The van der Waals surface area contributed by atoms with E-state index < -0.39 is 28.5 Å². The van der Waals surface area contributed by atoms with Gasteiger partial charge < -0.3 is 15.0 Å². The lowest BCUT2D eigenvalue weighted by atomic mass is 10.1. The summed E-state index contributed by atoms with van der Waals surface area (Å²) in [6, 6.07) is 13.2. The summed E-state index contributed by atoms with van der Waals surface area (Å²) in [6.45, 7) is 1.36. The molecule has 3 rings (SSSR count). The normalized spacial score (nSPS) is 11.6. The topological polar surface area (TPSA) is 131 Å². The van der Waals surface area contributed by atoms with Crippen LogP contribution >= 0.6 is 0 Å². The highest BCUT2D eigenvalue weighted by Crippen LogP contribution is 2.19. The molecule has 1 heterocycles. The predicted molar refractivity (Wildman–Crippen MR) is 101 cm³/mol. The lowest BCUT2D eigenvalue weighted by Gasteiger charge is -2.14. The third kappa shape index (κ3) is 4.04. The Bertz CT molecular complexity index is 1140. The number of anilines is 1. The number of para-hydroxylation sites is 1. The minimum absolute atomic E-state index is 0.0364. The van der Waals surface area contributed by atoms with E-state index in [9.17, 15) is 24.5 Å². The van der Waals surface area contributed by atoms with Crippen LogP contribution in [0.2, 0.25) is 0 Å². The van der Waals surface area contributed by atoms with Crippen molar-refractivity contribution in [2.45, 2.75) is 13.0 Å². The maximum Gasteiger partial charge on any atom is 0.339 e. The molecule has 0 saturated carbocycles. The molecular weight excluding hydrogens is 366 g/mol. The van der Waals surface area contributed by atoms with E-state index in [1.54, 1.807) is 24.3 Å². The summed E-state index contributed by atoms with van der Waals surface area (Å²) in [5.41, 5.74) is 0.0467. The fourth-order valence-electron chi connectivity index (χ4n) is 2.59. The molecule has 9 nitrogen and oxygen atoms in total. The molecule has 0 radical (unpaired) electrons. The maximum atomic E-state index is 12.5. The van der Waals surface area contributed by atoms with Crippen LogP contribution in [0.5, 0.6) is 0 Å². The van der Waals surface area contributed by atoms with Crippen LogP contribution in [-0.4, -0.2) is 27.9 Å². The second kappa shape index (κ2) is 7.70. The van der Waals surface area contributed by atoms with Gasteiger partial charge in [-0.1, -0.05) is 24.3 Å². The van der Waals surface area contributed by atoms with Crippen molar-refractivity contribution < 1.29 is 19.2 Å².